The first-order chi connectivity index (χ1) is 11.3. The molecule has 0 spiro atoms. The molecule has 0 unspecified atom stereocenters. The minimum absolute atomic E-state index is 0.00433. The van der Waals surface area contributed by atoms with Crippen LogP contribution in [0.4, 0.5) is 0 Å². The molecule has 2 aromatic heterocycles. The molecular formula is C20H21NO3. The number of rotatable bonds is 3. The van der Waals surface area contributed by atoms with Gasteiger partial charge in [-0.1, -0.05) is 13.8 Å². The maximum Gasteiger partial charge on any atom is 0.253 e. The zero-order chi connectivity index (χ0) is 17.6. The van der Waals surface area contributed by atoms with Crippen molar-refractivity contribution in [3.63, 3.8) is 0 Å². The zero-order valence-electron chi connectivity index (χ0n) is 14.6. The highest BCUT2D eigenvalue weighted by Crippen LogP contribution is 2.30. The summed E-state index contributed by atoms with van der Waals surface area (Å²) in [6.45, 7) is 7.50. The summed E-state index contributed by atoms with van der Waals surface area (Å²) in [7, 11) is 1.75. The van der Waals surface area contributed by atoms with Crippen LogP contribution in [0.2, 0.25) is 0 Å². The molecule has 3 aromatic rings. The van der Waals surface area contributed by atoms with Crippen molar-refractivity contribution >= 4 is 16.8 Å². The summed E-state index contributed by atoms with van der Waals surface area (Å²) in [6, 6.07) is 7.73. The number of Topliss-reactive ketones (excluding diaryl/α,β-unsaturated/α-hetero) is 1. The first-order valence-electron chi connectivity index (χ1n) is 8.04. The number of carbonyl (C=O) groups excluding carboxylic acids is 1. The van der Waals surface area contributed by atoms with Crippen LogP contribution in [0, 0.1) is 19.8 Å². The summed E-state index contributed by atoms with van der Waals surface area (Å²) >= 11 is 0. The second-order valence-corrected chi connectivity index (χ2v) is 6.67. The van der Waals surface area contributed by atoms with Gasteiger partial charge in [0.25, 0.3) is 5.56 Å². The summed E-state index contributed by atoms with van der Waals surface area (Å²) in [5, 5.41) is 0.903. The molecule has 0 saturated heterocycles. The van der Waals surface area contributed by atoms with Gasteiger partial charge in [-0.15, -0.1) is 0 Å². The van der Waals surface area contributed by atoms with Gasteiger partial charge >= 0.3 is 0 Å². The van der Waals surface area contributed by atoms with Gasteiger partial charge in [-0.2, -0.15) is 0 Å². The number of aromatic nitrogens is 1. The molecule has 1 aromatic carbocycles. The molecular weight excluding hydrogens is 302 g/mol. The van der Waals surface area contributed by atoms with Crippen molar-refractivity contribution in [2.45, 2.75) is 27.7 Å². The normalized spacial score (nSPS) is 11.4. The van der Waals surface area contributed by atoms with Crippen molar-refractivity contribution in [3.8, 4) is 11.1 Å². The van der Waals surface area contributed by atoms with Crippen molar-refractivity contribution in [2.24, 2.45) is 13.0 Å². The van der Waals surface area contributed by atoms with E-state index in [0.717, 1.165) is 27.7 Å². The van der Waals surface area contributed by atoms with Gasteiger partial charge < -0.3 is 8.98 Å². The molecule has 0 bridgehead atoms. The summed E-state index contributed by atoms with van der Waals surface area (Å²) < 4.78 is 7.37. The average Bonchev–Trinajstić information content (AvgIpc) is 2.95. The molecule has 0 aliphatic rings. The van der Waals surface area contributed by atoms with Crippen molar-refractivity contribution in [1.29, 1.82) is 0 Å². The molecule has 2 heterocycles. The summed E-state index contributed by atoms with van der Waals surface area (Å²) in [5.41, 5.74) is 4.39. The zero-order valence-corrected chi connectivity index (χ0v) is 14.6. The predicted molar refractivity (Wildman–Crippen MR) is 95.5 cm³/mol. The van der Waals surface area contributed by atoms with Crippen LogP contribution in [0.15, 0.2) is 39.7 Å². The first kappa shape index (κ1) is 16.2. The summed E-state index contributed by atoms with van der Waals surface area (Å²) in [5.74, 6) is 0.304. The standard InChI is InChI=1S/C20H21NO3/c1-11(2)18(22)17-9-15-8-14(6-12(3)19(15)24-17)16-7-13(4)20(23)21(5)10-16/h6-11H,1-5H3. The molecule has 0 fully saturated rings. The van der Waals surface area contributed by atoms with E-state index in [9.17, 15) is 9.59 Å². The predicted octanol–water partition coefficient (Wildman–Crippen LogP) is 4.25. The molecule has 0 amide bonds. The number of benzene rings is 1. The van der Waals surface area contributed by atoms with E-state index in [1.165, 1.54) is 0 Å². The Hall–Kier alpha value is -2.62. The van der Waals surface area contributed by atoms with Gasteiger partial charge in [0.05, 0.1) is 0 Å². The lowest BCUT2D eigenvalue weighted by Crippen LogP contribution is -2.18. The highest BCUT2D eigenvalue weighted by Gasteiger charge is 2.17. The van der Waals surface area contributed by atoms with Gasteiger partial charge in [-0.05, 0) is 54.8 Å². The number of aryl methyl sites for hydroxylation is 3. The molecule has 4 heteroatoms. The first-order valence-corrected chi connectivity index (χ1v) is 8.04. The minimum atomic E-state index is -0.100. The van der Waals surface area contributed by atoms with E-state index in [0.29, 0.717) is 11.3 Å². The Bertz CT molecular complexity index is 979. The van der Waals surface area contributed by atoms with Crippen LogP contribution < -0.4 is 5.56 Å². The van der Waals surface area contributed by atoms with Crippen molar-refractivity contribution in [1.82, 2.24) is 4.57 Å². The Labute approximate surface area is 140 Å². The van der Waals surface area contributed by atoms with Crippen molar-refractivity contribution < 1.29 is 9.21 Å². The third-order valence-electron chi connectivity index (χ3n) is 4.26. The van der Waals surface area contributed by atoms with Crippen LogP contribution in [0.3, 0.4) is 0 Å². The fraction of sp³-hybridized carbons (Fsp3) is 0.300. The van der Waals surface area contributed by atoms with Crippen LogP contribution in [-0.2, 0) is 7.05 Å². The van der Waals surface area contributed by atoms with Gasteiger partial charge in [0.2, 0.25) is 5.78 Å². The largest absolute Gasteiger partial charge is 0.453 e. The van der Waals surface area contributed by atoms with E-state index in [1.807, 2.05) is 58.2 Å². The highest BCUT2D eigenvalue weighted by atomic mass is 16.3. The minimum Gasteiger partial charge on any atom is -0.453 e. The topological polar surface area (TPSA) is 52.2 Å². The maximum absolute atomic E-state index is 12.2. The third-order valence-corrected chi connectivity index (χ3v) is 4.26. The SMILES string of the molecule is Cc1cc(-c2cc(C)c3oc(C(=O)C(C)C)cc3c2)cn(C)c1=O. The Morgan fingerprint density at radius 2 is 1.71 bits per heavy atom. The lowest BCUT2D eigenvalue weighted by molar-refractivity contribution is 0.0913. The number of fused-ring (bicyclic) bond motifs is 1. The molecule has 0 N–H and O–H groups in total. The number of ketones is 1. The maximum atomic E-state index is 12.2. The van der Waals surface area contributed by atoms with Crippen molar-refractivity contribution in [3.05, 3.63) is 57.7 Å². The molecule has 0 radical (unpaired) electrons. The molecule has 0 aliphatic carbocycles. The molecule has 3 rings (SSSR count). The fourth-order valence-corrected chi connectivity index (χ4v) is 2.94. The van der Waals surface area contributed by atoms with Gasteiger partial charge in [0.1, 0.15) is 5.58 Å². The Morgan fingerprint density at radius 3 is 2.33 bits per heavy atom. The number of furan rings is 1. The van der Waals surface area contributed by atoms with Crippen LogP contribution >= 0.6 is 0 Å². The molecule has 0 saturated carbocycles. The van der Waals surface area contributed by atoms with E-state index >= 15 is 0 Å². The van der Waals surface area contributed by atoms with Gasteiger partial charge in [-0.25, -0.2) is 0 Å². The number of hydrogen-bond acceptors (Lipinski definition) is 3. The Balaban J connectivity index is 2.18. The molecule has 124 valence electrons. The second kappa shape index (κ2) is 5.78. The average molecular weight is 323 g/mol. The van der Waals surface area contributed by atoms with Gasteiger partial charge in [0.15, 0.2) is 5.76 Å². The van der Waals surface area contributed by atoms with Crippen LogP contribution in [0.5, 0.6) is 0 Å². The quantitative estimate of drug-likeness (QED) is 0.677. The van der Waals surface area contributed by atoms with Gasteiger partial charge in [0, 0.05) is 30.1 Å². The van der Waals surface area contributed by atoms with E-state index in [2.05, 4.69) is 0 Å². The van der Waals surface area contributed by atoms with E-state index in [1.54, 1.807) is 11.6 Å². The molecule has 24 heavy (non-hydrogen) atoms. The van der Waals surface area contributed by atoms with E-state index in [4.69, 9.17) is 4.42 Å². The fourth-order valence-electron chi connectivity index (χ4n) is 2.94. The number of carbonyl (C=O) groups is 1. The molecule has 4 nitrogen and oxygen atoms in total. The second-order valence-electron chi connectivity index (χ2n) is 6.67. The van der Waals surface area contributed by atoms with Crippen LogP contribution in [0.1, 0.15) is 35.5 Å². The van der Waals surface area contributed by atoms with Gasteiger partial charge in [-0.3, -0.25) is 9.59 Å². The van der Waals surface area contributed by atoms with Crippen LogP contribution in [-0.4, -0.2) is 10.4 Å². The number of nitrogens with zero attached hydrogens (tertiary/aromatic N) is 1. The highest BCUT2D eigenvalue weighted by molar-refractivity contribution is 5.99. The summed E-state index contributed by atoms with van der Waals surface area (Å²) in [4.78, 5) is 24.1. The Kier molecular flexibility index (Phi) is 3.91. The van der Waals surface area contributed by atoms with Crippen LogP contribution in [0.25, 0.3) is 22.1 Å². The van der Waals surface area contributed by atoms with Crippen molar-refractivity contribution in [2.75, 3.05) is 0 Å². The molecule has 0 aliphatic heterocycles. The Morgan fingerprint density at radius 1 is 1.04 bits per heavy atom. The monoisotopic (exact) mass is 323 g/mol. The number of pyridine rings is 1. The third kappa shape index (κ3) is 2.68. The van der Waals surface area contributed by atoms with E-state index < -0.39 is 0 Å². The number of hydrogen-bond donors (Lipinski definition) is 0. The smallest absolute Gasteiger partial charge is 0.253 e. The lowest BCUT2D eigenvalue weighted by atomic mass is 10.0. The lowest BCUT2D eigenvalue weighted by Gasteiger charge is -2.07. The summed E-state index contributed by atoms with van der Waals surface area (Å²) in [6.07, 6.45) is 1.83. The van der Waals surface area contributed by atoms with E-state index in [-0.39, 0.29) is 17.3 Å². The molecule has 0 atom stereocenters.